The lowest BCUT2D eigenvalue weighted by Gasteiger charge is -2.29. The lowest BCUT2D eigenvalue weighted by molar-refractivity contribution is 0.0945. The number of hydrogen-bond donors (Lipinski definition) is 2. The SMILES string of the molecule is Cc1[nH]c(C(=O)NCc2ccc(Cl)cc2)c(C)c1S(=O)(=O)N1CCC(C)CC1. The Morgan fingerprint density at radius 3 is 2.43 bits per heavy atom. The van der Waals surface area contributed by atoms with Crippen molar-refractivity contribution in [1.29, 1.82) is 0 Å². The normalized spacial score (nSPS) is 16.3. The number of aryl methyl sites for hydroxylation is 1. The molecule has 1 saturated heterocycles. The highest BCUT2D eigenvalue weighted by Crippen LogP contribution is 2.29. The van der Waals surface area contributed by atoms with Gasteiger partial charge in [0.1, 0.15) is 10.6 Å². The van der Waals surface area contributed by atoms with Crippen LogP contribution in [0.2, 0.25) is 5.02 Å². The number of nitrogens with zero attached hydrogens (tertiary/aromatic N) is 1. The zero-order valence-electron chi connectivity index (χ0n) is 16.4. The van der Waals surface area contributed by atoms with Crippen LogP contribution in [-0.4, -0.2) is 36.7 Å². The quantitative estimate of drug-likeness (QED) is 0.770. The highest BCUT2D eigenvalue weighted by molar-refractivity contribution is 7.89. The van der Waals surface area contributed by atoms with Crippen molar-refractivity contribution in [1.82, 2.24) is 14.6 Å². The summed E-state index contributed by atoms with van der Waals surface area (Å²) in [6, 6.07) is 7.19. The Bertz CT molecular complexity index is 959. The molecule has 0 spiro atoms. The smallest absolute Gasteiger partial charge is 0.268 e. The number of carbonyl (C=O) groups is 1. The number of sulfonamides is 1. The number of carbonyl (C=O) groups excluding carboxylic acids is 1. The Kier molecular flexibility index (Phi) is 6.17. The predicted octanol–water partition coefficient (Wildman–Crippen LogP) is 3.64. The third-order valence-corrected chi connectivity index (χ3v) is 7.73. The maximum absolute atomic E-state index is 13.1. The summed E-state index contributed by atoms with van der Waals surface area (Å²) in [5, 5.41) is 3.46. The minimum Gasteiger partial charge on any atom is -0.353 e. The van der Waals surface area contributed by atoms with Crippen LogP contribution in [0.3, 0.4) is 0 Å². The molecule has 2 aromatic rings. The van der Waals surface area contributed by atoms with E-state index in [1.807, 2.05) is 12.1 Å². The molecule has 0 saturated carbocycles. The molecule has 0 bridgehead atoms. The van der Waals surface area contributed by atoms with Gasteiger partial charge in [-0.3, -0.25) is 4.79 Å². The molecule has 3 rings (SSSR count). The second-order valence-electron chi connectivity index (χ2n) is 7.47. The van der Waals surface area contributed by atoms with Gasteiger partial charge in [-0.2, -0.15) is 4.31 Å². The number of benzene rings is 1. The van der Waals surface area contributed by atoms with E-state index < -0.39 is 10.0 Å². The van der Waals surface area contributed by atoms with E-state index in [-0.39, 0.29) is 16.5 Å². The average molecular weight is 424 g/mol. The molecule has 8 heteroatoms. The highest BCUT2D eigenvalue weighted by atomic mass is 35.5. The van der Waals surface area contributed by atoms with Crippen LogP contribution in [0.4, 0.5) is 0 Å². The molecule has 6 nitrogen and oxygen atoms in total. The molecule has 0 atom stereocenters. The zero-order chi connectivity index (χ0) is 20.5. The third-order valence-electron chi connectivity index (χ3n) is 5.30. The summed E-state index contributed by atoms with van der Waals surface area (Å²) >= 11 is 5.87. The van der Waals surface area contributed by atoms with Gasteiger partial charge in [0.2, 0.25) is 10.0 Å². The van der Waals surface area contributed by atoms with Crippen molar-refractivity contribution in [3.63, 3.8) is 0 Å². The molecular formula is C20H26ClN3O3S. The molecule has 1 aliphatic heterocycles. The molecule has 2 heterocycles. The lowest BCUT2D eigenvalue weighted by atomic mass is 10.0. The molecule has 152 valence electrons. The van der Waals surface area contributed by atoms with Crippen LogP contribution in [0.25, 0.3) is 0 Å². The van der Waals surface area contributed by atoms with Gasteiger partial charge in [-0.1, -0.05) is 30.7 Å². The minimum absolute atomic E-state index is 0.221. The van der Waals surface area contributed by atoms with Crippen LogP contribution in [0, 0.1) is 19.8 Å². The summed E-state index contributed by atoms with van der Waals surface area (Å²) < 4.78 is 27.8. The lowest BCUT2D eigenvalue weighted by Crippen LogP contribution is -2.38. The molecule has 1 amide bonds. The van der Waals surface area contributed by atoms with Crippen molar-refractivity contribution < 1.29 is 13.2 Å². The zero-order valence-corrected chi connectivity index (χ0v) is 18.0. The van der Waals surface area contributed by atoms with Gasteiger partial charge >= 0.3 is 0 Å². The van der Waals surface area contributed by atoms with Gasteiger partial charge in [0.15, 0.2) is 0 Å². The van der Waals surface area contributed by atoms with E-state index in [2.05, 4.69) is 17.2 Å². The molecule has 1 aromatic heterocycles. The number of halogens is 1. The highest BCUT2D eigenvalue weighted by Gasteiger charge is 2.33. The maximum atomic E-state index is 13.1. The largest absolute Gasteiger partial charge is 0.353 e. The topological polar surface area (TPSA) is 82.3 Å². The first-order valence-corrected chi connectivity index (χ1v) is 11.2. The molecule has 1 aromatic carbocycles. The van der Waals surface area contributed by atoms with Gasteiger partial charge in [0.05, 0.1) is 0 Å². The maximum Gasteiger partial charge on any atom is 0.268 e. The molecule has 1 aliphatic rings. The molecule has 0 radical (unpaired) electrons. The van der Waals surface area contributed by atoms with Crippen molar-refractivity contribution in [3.8, 4) is 0 Å². The first kappa shape index (κ1) is 20.9. The van der Waals surface area contributed by atoms with Crippen molar-refractivity contribution in [2.45, 2.75) is 45.1 Å². The van der Waals surface area contributed by atoms with Crippen molar-refractivity contribution in [2.75, 3.05) is 13.1 Å². The molecule has 28 heavy (non-hydrogen) atoms. The van der Waals surface area contributed by atoms with E-state index >= 15 is 0 Å². The van der Waals surface area contributed by atoms with Gasteiger partial charge in [0, 0.05) is 30.4 Å². The van der Waals surface area contributed by atoms with Crippen LogP contribution in [0.5, 0.6) is 0 Å². The molecule has 2 N–H and O–H groups in total. The van der Waals surface area contributed by atoms with Crippen LogP contribution in [-0.2, 0) is 16.6 Å². The van der Waals surface area contributed by atoms with Crippen LogP contribution in [0.1, 0.15) is 47.1 Å². The Hall–Kier alpha value is -1.83. The summed E-state index contributed by atoms with van der Waals surface area (Å²) in [5.41, 5.74) is 2.15. The van der Waals surface area contributed by atoms with E-state index in [4.69, 9.17) is 11.6 Å². The van der Waals surface area contributed by atoms with Gasteiger partial charge in [-0.05, 0) is 55.9 Å². The van der Waals surface area contributed by atoms with E-state index in [0.717, 1.165) is 18.4 Å². The summed E-state index contributed by atoms with van der Waals surface area (Å²) in [5.74, 6) is 0.207. The predicted molar refractivity (Wildman–Crippen MR) is 110 cm³/mol. The van der Waals surface area contributed by atoms with Crippen molar-refractivity contribution in [3.05, 3.63) is 51.8 Å². The fourth-order valence-corrected chi connectivity index (χ4v) is 5.58. The third kappa shape index (κ3) is 4.26. The standard InChI is InChI=1S/C20H26ClN3O3S/c1-13-8-10-24(11-9-13)28(26,27)19-14(2)18(23-15(19)3)20(25)22-12-16-4-6-17(21)7-5-16/h4-7,13,23H,8-12H2,1-3H3,(H,22,25). The van der Waals surface area contributed by atoms with E-state index in [1.54, 1.807) is 26.0 Å². The Labute approximate surface area is 171 Å². The van der Waals surface area contributed by atoms with Gasteiger partial charge in [0.25, 0.3) is 5.91 Å². The van der Waals surface area contributed by atoms with Crippen LogP contribution < -0.4 is 5.32 Å². The van der Waals surface area contributed by atoms with E-state index in [0.29, 0.717) is 41.8 Å². The first-order chi connectivity index (χ1) is 13.2. The number of H-pyrrole nitrogens is 1. The summed E-state index contributed by atoms with van der Waals surface area (Å²) in [6.45, 7) is 6.89. The summed E-state index contributed by atoms with van der Waals surface area (Å²) in [4.78, 5) is 15.8. The minimum atomic E-state index is -3.62. The van der Waals surface area contributed by atoms with Crippen LogP contribution >= 0.6 is 11.6 Å². The van der Waals surface area contributed by atoms with Crippen LogP contribution in [0.15, 0.2) is 29.2 Å². The Morgan fingerprint density at radius 2 is 1.82 bits per heavy atom. The second-order valence-corrected chi connectivity index (χ2v) is 9.79. The Balaban J connectivity index is 1.79. The molecule has 0 aliphatic carbocycles. The number of piperidine rings is 1. The van der Waals surface area contributed by atoms with Crippen molar-refractivity contribution in [2.24, 2.45) is 5.92 Å². The van der Waals surface area contributed by atoms with E-state index in [1.165, 1.54) is 4.31 Å². The molecule has 0 unspecified atom stereocenters. The Morgan fingerprint density at radius 1 is 1.21 bits per heavy atom. The average Bonchev–Trinajstić information content (AvgIpc) is 2.96. The summed E-state index contributed by atoms with van der Waals surface area (Å²) in [7, 11) is -3.62. The van der Waals surface area contributed by atoms with Gasteiger partial charge < -0.3 is 10.3 Å². The number of aromatic amines is 1. The first-order valence-electron chi connectivity index (χ1n) is 9.42. The fraction of sp³-hybridized carbons (Fsp3) is 0.450. The second kappa shape index (κ2) is 8.27. The van der Waals surface area contributed by atoms with Crippen molar-refractivity contribution >= 4 is 27.5 Å². The monoisotopic (exact) mass is 423 g/mol. The summed E-state index contributed by atoms with van der Waals surface area (Å²) in [6.07, 6.45) is 1.71. The van der Waals surface area contributed by atoms with Gasteiger partial charge in [-0.25, -0.2) is 8.42 Å². The fourth-order valence-electron chi connectivity index (χ4n) is 3.57. The number of rotatable bonds is 5. The number of nitrogens with one attached hydrogen (secondary N) is 2. The number of hydrogen-bond acceptors (Lipinski definition) is 3. The van der Waals surface area contributed by atoms with Gasteiger partial charge in [-0.15, -0.1) is 0 Å². The number of aromatic nitrogens is 1. The molecule has 1 fully saturated rings. The number of amides is 1. The van der Waals surface area contributed by atoms with E-state index in [9.17, 15) is 13.2 Å². The molecular weight excluding hydrogens is 398 g/mol.